The van der Waals surface area contributed by atoms with E-state index >= 15 is 0 Å². The predicted molar refractivity (Wildman–Crippen MR) is 83.0 cm³/mol. The van der Waals surface area contributed by atoms with Gasteiger partial charge in [0.05, 0.1) is 0 Å². The molecular weight excluding hydrogens is 314 g/mol. The van der Waals surface area contributed by atoms with Crippen molar-refractivity contribution >= 4 is 11.9 Å². The molecule has 0 aromatic heterocycles. The van der Waals surface area contributed by atoms with E-state index in [4.69, 9.17) is 24.4 Å². The lowest BCUT2D eigenvalue weighted by Gasteiger charge is -2.58. The molecule has 7 atom stereocenters. The molecule has 5 fully saturated rings. The van der Waals surface area contributed by atoms with Gasteiger partial charge in [-0.1, -0.05) is 13.8 Å². The summed E-state index contributed by atoms with van der Waals surface area (Å²) in [5.74, 6) is -0.401. The highest BCUT2D eigenvalue weighted by Gasteiger charge is 2.69. The van der Waals surface area contributed by atoms with Gasteiger partial charge in [-0.3, -0.25) is 4.79 Å². The third-order valence-electron chi connectivity index (χ3n) is 6.37. The summed E-state index contributed by atoms with van der Waals surface area (Å²) in [7, 11) is 0. The topological polar surface area (TPSA) is 86.6 Å². The van der Waals surface area contributed by atoms with E-state index in [0.29, 0.717) is 17.7 Å². The summed E-state index contributed by atoms with van der Waals surface area (Å²) in [6.07, 6.45) is 3.21. The molecule has 24 heavy (non-hydrogen) atoms. The van der Waals surface area contributed by atoms with Crippen LogP contribution in [0.5, 0.6) is 0 Å². The van der Waals surface area contributed by atoms with Gasteiger partial charge in [-0.15, -0.1) is 0 Å². The van der Waals surface area contributed by atoms with Crippen LogP contribution in [0.15, 0.2) is 4.99 Å². The van der Waals surface area contributed by atoms with Crippen LogP contribution in [0, 0.1) is 23.7 Å². The highest BCUT2D eigenvalue weighted by Crippen LogP contribution is 2.59. The lowest BCUT2D eigenvalue weighted by Crippen LogP contribution is -2.69. The average Bonchev–Trinajstić information content (AvgIpc) is 2.76. The summed E-state index contributed by atoms with van der Waals surface area (Å²) in [6.45, 7) is 5.87. The Morgan fingerprint density at radius 2 is 2.04 bits per heavy atom. The van der Waals surface area contributed by atoms with Crippen molar-refractivity contribution in [3.8, 4) is 0 Å². The molecule has 134 valence electrons. The number of rotatable bonds is 2. The van der Waals surface area contributed by atoms with Crippen molar-refractivity contribution in [3.05, 3.63) is 0 Å². The molecule has 0 aromatic rings. The average molecular weight is 339 g/mol. The molecular formula is C17H25NO6. The zero-order valence-electron chi connectivity index (χ0n) is 14.4. The third kappa shape index (κ3) is 2.21. The van der Waals surface area contributed by atoms with E-state index in [1.807, 2.05) is 13.8 Å². The largest absolute Gasteiger partial charge is 0.480 e. The Morgan fingerprint density at radius 3 is 2.79 bits per heavy atom. The maximum Gasteiger partial charge on any atom is 0.325 e. The van der Waals surface area contributed by atoms with Crippen LogP contribution < -0.4 is 0 Å². The summed E-state index contributed by atoms with van der Waals surface area (Å²) >= 11 is 0. The molecule has 4 saturated heterocycles. The minimum atomic E-state index is -0.969. The lowest BCUT2D eigenvalue weighted by atomic mass is 9.58. The molecule has 3 unspecified atom stereocenters. The molecule has 1 saturated carbocycles. The minimum absolute atomic E-state index is 0.0229. The van der Waals surface area contributed by atoms with Crippen molar-refractivity contribution in [2.24, 2.45) is 28.7 Å². The quantitative estimate of drug-likeness (QED) is 0.777. The SMILES string of the molecule is C[C@@H]1CCC2[C@@H](C)/C(=N\CC(=O)O)O[C@@H]3O[C@]4(C)CCC1C23OO4. The fraction of sp³-hybridized carbons (Fsp3) is 0.882. The van der Waals surface area contributed by atoms with Gasteiger partial charge in [0, 0.05) is 24.2 Å². The Balaban J connectivity index is 1.75. The van der Waals surface area contributed by atoms with Crippen molar-refractivity contribution in [1.82, 2.24) is 0 Å². The lowest BCUT2D eigenvalue weighted by molar-refractivity contribution is -0.557. The number of hydrogen-bond acceptors (Lipinski definition) is 6. The Labute approximate surface area is 141 Å². The van der Waals surface area contributed by atoms with Crippen molar-refractivity contribution < 1.29 is 29.1 Å². The fourth-order valence-corrected chi connectivity index (χ4v) is 5.10. The second kappa shape index (κ2) is 5.41. The van der Waals surface area contributed by atoms with E-state index in [1.54, 1.807) is 0 Å². The number of fused-ring (bicyclic) bond motifs is 2. The summed E-state index contributed by atoms with van der Waals surface area (Å²) < 4.78 is 12.2. The molecule has 4 heterocycles. The van der Waals surface area contributed by atoms with Crippen LogP contribution in [-0.4, -0.2) is 41.2 Å². The van der Waals surface area contributed by atoms with Crippen LogP contribution in [-0.2, 0) is 24.0 Å². The number of ether oxygens (including phenoxy) is 2. The summed E-state index contributed by atoms with van der Waals surface area (Å²) in [5.41, 5.74) is -0.630. The summed E-state index contributed by atoms with van der Waals surface area (Å²) in [5, 5.41) is 8.93. The first kappa shape index (κ1) is 16.3. The summed E-state index contributed by atoms with van der Waals surface area (Å²) in [4.78, 5) is 26.8. The van der Waals surface area contributed by atoms with Gasteiger partial charge in [0.25, 0.3) is 0 Å². The second-order valence-corrected chi connectivity index (χ2v) is 7.86. The molecule has 4 aliphatic heterocycles. The van der Waals surface area contributed by atoms with E-state index in [0.717, 1.165) is 25.7 Å². The van der Waals surface area contributed by atoms with Crippen LogP contribution in [0.4, 0.5) is 0 Å². The number of aliphatic carboxylic acids is 1. The molecule has 7 heteroatoms. The monoisotopic (exact) mass is 339 g/mol. The molecule has 5 rings (SSSR count). The number of carbonyl (C=O) groups is 1. The molecule has 1 aliphatic carbocycles. The first-order chi connectivity index (χ1) is 11.4. The Hall–Kier alpha value is -1.18. The molecule has 5 aliphatic rings. The molecule has 7 nitrogen and oxygen atoms in total. The van der Waals surface area contributed by atoms with Crippen LogP contribution in [0.25, 0.3) is 0 Å². The van der Waals surface area contributed by atoms with Crippen molar-refractivity contribution in [2.45, 2.75) is 64.1 Å². The zero-order chi connectivity index (χ0) is 17.1. The first-order valence-electron chi connectivity index (χ1n) is 8.83. The van der Waals surface area contributed by atoms with Gasteiger partial charge in [0.15, 0.2) is 11.5 Å². The standard InChI is InChI=1S/C17H25NO6/c1-9-4-5-12-10(2)14(18-8-13(19)20)21-15-17(12)11(9)6-7-16(3,22-15)23-24-17/h9-12,15H,4-8H2,1-3H3,(H,19,20)/b18-14+/t9-,10-,11?,12?,15-,16+,17?/m1/s1. The highest BCUT2D eigenvalue weighted by atomic mass is 17.3. The van der Waals surface area contributed by atoms with Crippen molar-refractivity contribution in [3.63, 3.8) is 0 Å². The maximum atomic E-state index is 10.9. The smallest absolute Gasteiger partial charge is 0.325 e. The van der Waals surface area contributed by atoms with Gasteiger partial charge in [-0.05, 0) is 32.1 Å². The van der Waals surface area contributed by atoms with E-state index in [9.17, 15) is 4.79 Å². The predicted octanol–water partition coefficient (Wildman–Crippen LogP) is 2.35. The molecule has 1 N–H and O–H groups in total. The van der Waals surface area contributed by atoms with Crippen LogP contribution >= 0.6 is 0 Å². The second-order valence-electron chi connectivity index (χ2n) is 7.86. The normalized spacial score (nSPS) is 51.6. The first-order valence-corrected chi connectivity index (χ1v) is 8.83. The van der Waals surface area contributed by atoms with E-state index in [1.165, 1.54) is 0 Å². The number of hydrogen-bond donors (Lipinski definition) is 1. The van der Waals surface area contributed by atoms with E-state index < -0.39 is 23.6 Å². The Kier molecular flexibility index (Phi) is 3.67. The Morgan fingerprint density at radius 1 is 1.25 bits per heavy atom. The molecule has 0 amide bonds. The van der Waals surface area contributed by atoms with Gasteiger partial charge >= 0.3 is 5.97 Å². The van der Waals surface area contributed by atoms with Crippen LogP contribution in [0.1, 0.15) is 46.5 Å². The molecule has 0 radical (unpaired) electrons. The van der Waals surface area contributed by atoms with Gasteiger partial charge < -0.3 is 14.6 Å². The van der Waals surface area contributed by atoms with E-state index in [2.05, 4.69) is 11.9 Å². The molecule has 0 aromatic carbocycles. The van der Waals surface area contributed by atoms with Gasteiger partial charge in [-0.2, -0.15) is 0 Å². The van der Waals surface area contributed by atoms with Gasteiger partial charge in [-0.25, -0.2) is 14.8 Å². The highest BCUT2D eigenvalue weighted by molar-refractivity contribution is 5.82. The number of aliphatic imine (C=N–C) groups is 1. The maximum absolute atomic E-state index is 10.9. The van der Waals surface area contributed by atoms with Gasteiger partial charge in [0.1, 0.15) is 6.54 Å². The fourth-order valence-electron chi connectivity index (χ4n) is 5.10. The molecule has 2 bridgehead atoms. The molecule has 1 spiro atoms. The van der Waals surface area contributed by atoms with Crippen molar-refractivity contribution in [2.75, 3.05) is 6.54 Å². The number of carboxylic acids is 1. The van der Waals surface area contributed by atoms with Crippen molar-refractivity contribution in [1.29, 1.82) is 0 Å². The number of carboxylic acid groups (broad SMARTS) is 1. The third-order valence-corrected chi connectivity index (χ3v) is 6.37. The zero-order valence-corrected chi connectivity index (χ0v) is 14.4. The summed E-state index contributed by atoms with van der Waals surface area (Å²) in [6, 6.07) is 0. The van der Waals surface area contributed by atoms with Gasteiger partial charge in [0.2, 0.25) is 12.1 Å². The minimum Gasteiger partial charge on any atom is -0.480 e. The van der Waals surface area contributed by atoms with E-state index in [-0.39, 0.29) is 18.4 Å². The number of nitrogens with zero attached hydrogens (tertiary/aromatic N) is 1. The van der Waals surface area contributed by atoms with Crippen LogP contribution in [0.2, 0.25) is 0 Å². The Bertz CT molecular complexity index is 579. The van der Waals surface area contributed by atoms with Crippen LogP contribution in [0.3, 0.4) is 0 Å².